The summed E-state index contributed by atoms with van der Waals surface area (Å²) < 4.78 is 0. The van der Waals surface area contributed by atoms with Crippen LogP contribution >= 0.6 is 11.6 Å². The average Bonchev–Trinajstić information content (AvgIpc) is 2.39. The molecule has 0 saturated heterocycles. The van der Waals surface area contributed by atoms with Crippen LogP contribution in [0.15, 0.2) is 42.6 Å². The molecule has 0 spiro atoms. The van der Waals surface area contributed by atoms with Crippen molar-refractivity contribution >= 4 is 17.4 Å². The van der Waals surface area contributed by atoms with Crippen LogP contribution in [0, 0.1) is 0 Å². The fourth-order valence-corrected chi connectivity index (χ4v) is 2.05. The average molecular weight is 262 g/mol. The third-order valence-electron chi connectivity index (χ3n) is 2.97. The number of hydrogen-bond donors (Lipinski definition) is 2. The van der Waals surface area contributed by atoms with Crippen LogP contribution < -0.4 is 11.1 Å². The van der Waals surface area contributed by atoms with Crippen LogP contribution in [0.2, 0.25) is 5.02 Å². The molecular formula is C14H16ClN3. The largest absolute Gasteiger partial charge is 0.383 e. The second-order valence-corrected chi connectivity index (χ2v) is 4.58. The lowest BCUT2D eigenvalue weighted by molar-refractivity contribution is 0.592. The highest BCUT2D eigenvalue weighted by molar-refractivity contribution is 6.30. The molecular weight excluding hydrogens is 246 g/mol. The van der Waals surface area contributed by atoms with Gasteiger partial charge in [-0.2, -0.15) is 0 Å². The molecule has 0 aliphatic heterocycles. The Morgan fingerprint density at radius 2 is 2.00 bits per heavy atom. The maximum Gasteiger partial charge on any atom is 0.126 e. The first-order chi connectivity index (χ1) is 8.70. The van der Waals surface area contributed by atoms with Gasteiger partial charge in [0.2, 0.25) is 0 Å². The molecule has 3 N–H and O–H groups in total. The molecule has 0 aliphatic rings. The van der Waals surface area contributed by atoms with Crippen LogP contribution in [0.1, 0.15) is 17.2 Å². The van der Waals surface area contributed by atoms with E-state index in [1.807, 2.05) is 43.4 Å². The molecule has 3 nitrogen and oxygen atoms in total. The zero-order chi connectivity index (χ0) is 13.0. The summed E-state index contributed by atoms with van der Waals surface area (Å²) in [5.74, 6) is 0.590. The lowest BCUT2D eigenvalue weighted by atomic mass is 9.99. The van der Waals surface area contributed by atoms with Gasteiger partial charge in [0.05, 0.1) is 0 Å². The molecule has 0 aliphatic carbocycles. The summed E-state index contributed by atoms with van der Waals surface area (Å²) in [5.41, 5.74) is 8.10. The molecule has 0 saturated carbocycles. The van der Waals surface area contributed by atoms with Gasteiger partial charge in [-0.3, -0.25) is 0 Å². The topological polar surface area (TPSA) is 50.9 Å². The third-order valence-corrected chi connectivity index (χ3v) is 3.22. The van der Waals surface area contributed by atoms with Gasteiger partial charge in [0.15, 0.2) is 0 Å². The van der Waals surface area contributed by atoms with E-state index in [4.69, 9.17) is 17.3 Å². The van der Waals surface area contributed by atoms with Crippen molar-refractivity contribution in [2.45, 2.75) is 12.5 Å². The first-order valence-corrected chi connectivity index (χ1v) is 6.20. The molecule has 94 valence electrons. The Bertz CT molecular complexity index is 511. The maximum absolute atomic E-state index is 5.89. The molecule has 2 aromatic rings. The number of rotatable bonds is 4. The Labute approximate surface area is 112 Å². The monoisotopic (exact) mass is 261 g/mol. The molecule has 1 aromatic heterocycles. The van der Waals surface area contributed by atoms with Crippen molar-refractivity contribution in [1.82, 2.24) is 10.3 Å². The standard InChI is InChI=1S/C14H16ClN3/c1-17-13(10-4-6-12(15)7-5-10)9-11-3-2-8-18-14(11)16/h2-8,13,17H,9H2,1H3,(H2,16,18). The molecule has 1 unspecified atom stereocenters. The fraction of sp³-hybridized carbons (Fsp3) is 0.214. The second kappa shape index (κ2) is 5.85. The third kappa shape index (κ3) is 3.00. The van der Waals surface area contributed by atoms with Crippen LogP contribution in [-0.4, -0.2) is 12.0 Å². The number of anilines is 1. The Kier molecular flexibility index (Phi) is 4.18. The molecule has 0 fully saturated rings. The first-order valence-electron chi connectivity index (χ1n) is 5.83. The molecule has 1 atom stereocenters. The predicted molar refractivity (Wildman–Crippen MR) is 75.6 cm³/mol. The molecule has 1 aromatic carbocycles. The minimum Gasteiger partial charge on any atom is -0.383 e. The van der Waals surface area contributed by atoms with E-state index in [0.29, 0.717) is 5.82 Å². The number of halogens is 1. The van der Waals surface area contributed by atoms with E-state index in [2.05, 4.69) is 10.3 Å². The van der Waals surface area contributed by atoms with Gasteiger partial charge in [0, 0.05) is 17.3 Å². The maximum atomic E-state index is 5.89. The predicted octanol–water partition coefficient (Wildman–Crippen LogP) is 2.82. The van der Waals surface area contributed by atoms with Gasteiger partial charge in [0.1, 0.15) is 5.82 Å². The smallest absolute Gasteiger partial charge is 0.126 e. The first kappa shape index (κ1) is 12.9. The highest BCUT2D eigenvalue weighted by Gasteiger charge is 2.11. The van der Waals surface area contributed by atoms with Crippen molar-refractivity contribution in [3.8, 4) is 0 Å². The summed E-state index contributed by atoms with van der Waals surface area (Å²) >= 11 is 5.89. The number of pyridine rings is 1. The van der Waals surface area contributed by atoms with Gasteiger partial charge >= 0.3 is 0 Å². The number of aromatic nitrogens is 1. The van der Waals surface area contributed by atoms with Crippen LogP contribution in [0.3, 0.4) is 0 Å². The fourth-order valence-electron chi connectivity index (χ4n) is 1.93. The van der Waals surface area contributed by atoms with Crippen molar-refractivity contribution < 1.29 is 0 Å². The highest BCUT2D eigenvalue weighted by atomic mass is 35.5. The number of hydrogen-bond acceptors (Lipinski definition) is 3. The van der Waals surface area contributed by atoms with Gasteiger partial charge in [-0.05, 0) is 42.8 Å². The molecule has 0 radical (unpaired) electrons. The van der Waals surface area contributed by atoms with E-state index in [1.54, 1.807) is 6.20 Å². The molecule has 18 heavy (non-hydrogen) atoms. The van der Waals surface area contributed by atoms with Gasteiger partial charge in [-0.15, -0.1) is 0 Å². The summed E-state index contributed by atoms with van der Waals surface area (Å²) in [4.78, 5) is 4.10. The number of nitrogens with zero attached hydrogens (tertiary/aromatic N) is 1. The summed E-state index contributed by atoms with van der Waals surface area (Å²) in [6.45, 7) is 0. The molecule has 0 bridgehead atoms. The number of nitrogens with two attached hydrogens (primary N) is 1. The van der Waals surface area contributed by atoms with E-state index in [9.17, 15) is 0 Å². The Balaban J connectivity index is 2.20. The van der Waals surface area contributed by atoms with E-state index in [1.165, 1.54) is 5.56 Å². The Morgan fingerprint density at radius 3 is 2.61 bits per heavy atom. The SMILES string of the molecule is CNC(Cc1cccnc1N)c1ccc(Cl)cc1. The van der Waals surface area contributed by atoms with E-state index >= 15 is 0 Å². The highest BCUT2D eigenvalue weighted by Crippen LogP contribution is 2.21. The minimum atomic E-state index is 0.203. The van der Waals surface area contributed by atoms with E-state index in [-0.39, 0.29) is 6.04 Å². The zero-order valence-corrected chi connectivity index (χ0v) is 11.0. The Morgan fingerprint density at radius 1 is 1.28 bits per heavy atom. The van der Waals surface area contributed by atoms with Gasteiger partial charge in [-0.1, -0.05) is 29.8 Å². The van der Waals surface area contributed by atoms with Gasteiger partial charge in [0.25, 0.3) is 0 Å². The zero-order valence-electron chi connectivity index (χ0n) is 10.2. The van der Waals surface area contributed by atoms with Crippen molar-refractivity contribution in [3.05, 3.63) is 58.7 Å². The van der Waals surface area contributed by atoms with Crippen molar-refractivity contribution in [3.63, 3.8) is 0 Å². The summed E-state index contributed by atoms with van der Waals surface area (Å²) in [6.07, 6.45) is 2.51. The second-order valence-electron chi connectivity index (χ2n) is 4.14. The molecule has 0 amide bonds. The van der Waals surface area contributed by atoms with Crippen molar-refractivity contribution in [2.24, 2.45) is 0 Å². The summed E-state index contributed by atoms with van der Waals surface area (Å²) in [7, 11) is 1.94. The molecule has 2 rings (SSSR count). The lowest BCUT2D eigenvalue weighted by Crippen LogP contribution is -2.19. The van der Waals surface area contributed by atoms with Crippen LogP contribution in [-0.2, 0) is 6.42 Å². The number of nitrogen functional groups attached to an aromatic ring is 1. The lowest BCUT2D eigenvalue weighted by Gasteiger charge is -2.17. The number of likely N-dealkylation sites (N-methyl/N-ethyl adjacent to an activating group) is 1. The van der Waals surface area contributed by atoms with Crippen LogP contribution in [0.4, 0.5) is 5.82 Å². The van der Waals surface area contributed by atoms with Crippen molar-refractivity contribution in [1.29, 1.82) is 0 Å². The van der Waals surface area contributed by atoms with Gasteiger partial charge in [-0.25, -0.2) is 4.98 Å². The van der Waals surface area contributed by atoms with Gasteiger partial charge < -0.3 is 11.1 Å². The molecule has 1 heterocycles. The summed E-state index contributed by atoms with van der Waals surface area (Å²) in [6, 6.07) is 11.9. The van der Waals surface area contributed by atoms with E-state index in [0.717, 1.165) is 17.0 Å². The van der Waals surface area contributed by atoms with E-state index < -0.39 is 0 Å². The Hall–Kier alpha value is -1.58. The number of nitrogens with one attached hydrogen (secondary N) is 1. The number of benzene rings is 1. The minimum absolute atomic E-state index is 0.203. The normalized spacial score (nSPS) is 12.3. The quantitative estimate of drug-likeness (QED) is 0.890. The van der Waals surface area contributed by atoms with Crippen molar-refractivity contribution in [2.75, 3.05) is 12.8 Å². The van der Waals surface area contributed by atoms with Crippen LogP contribution in [0.5, 0.6) is 0 Å². The van der Waals surface area contributed by atoms with Crippen LogP contribution in [0.25, 0.3) is 0 Å². The summed E-state index contributed by atoms with van der Waals surface area (Å²) in [5, 5.41) is 4.03. The molecule has 4 heteroatoms.